The lowest BCUT2D eigenvalue weighted by Crippen LogP contribution is -2.19. The lowest BCUT2D eigenvalue weighted by molar-refractivity contribution is -0.142. The number of aromatic nitrogens is 1. The Morgan fingerprint density at radius 1 is 1.43 bits per heavy atom. The summed E-state index contributed by atoms with van der Waals surface area (Å²) in [5, 5.41) is 8.33. The van der Waals surface area contributed by atoms with Crippen LogP contribution in [0, 0.1) is 18.3 Å². The van der Waals surface area contributed by atoms with Gasteiger partial charge in [0, 0.05) is 5.69 Å². The molecule has 1 unspecified atom stereocenters. The van der Waals surface area contributed by atoms with Crippen molar-refractivity contribution in [3.8, 4) is 6.07 Å². The molecule has 0 saturated carbocycles. The number of halogens is 3. The summed E-state index contributed by atoms with van der Waals surface area (Å²) < 4.78 is 44.8. The summed E-state index contributed by atoms with van der Waals surface area (Å²) in [7, 11) is 0. The molecule has 126 valence electrons. The van der Waals surface area contributed by atoms with E-state index in [2.05, 4.69) is 4.98 Å². The second-order valence-electron chi connectivity index (χ2n) is 4.71. The number of nitriles is 1. The zero-order valence-corrected chi connectivity index (χ0v) is 14.1. The maximum atomic E-state index is 13.3. The van der Waals surface area contributed by atoms with Crippen molar-refractivity contribution in [2.45, 2.75) is 50.6 Å². The number of hydrogen-bond donors (Lipinski definition) is 0. The van der Waals surface area contributed by atoms with Crippen LogP contribution in [0.25, 0.3) is 0 Å². The van der Waals surface area contributed by atoms with Gasteiger partial charge in [0.2, 0.25) is 0 Å². The van der Waals surface area contributed by atoms with Gasteiger partial charge in [0.25, 0.3) is 0 Å². The zero-order chi connectivity index (χ0) is 17.8. The van der Waals surface area contributed by atoms with Gasteiger partial charge in [0.15, 0.2) is 0 Å². The van der Waals surface area contributed by atoms with E-state index in [1.165, 1.54) is 13.8 Å². The molecule has 0 aliphatic rings. The van der Waals surface area contributed by atoms with Crippen LogP contribution in [-0.4, -0.2) is 22.8 Å². The quantitative estimate of drug-likeness (QED) is 0.598. The number of thioether (sulfide) groups is 1. The van der Waals surface area contributed by atoms with Crippen LogP contribution in [0.3, 0.4) is 0 Å². The Morgan fingerprint density at radius 3 is 2.48 bits per heavy atom. The molecule has 0 aliphatic carbocycles. The van der Waals surface area contributed by atoms with Crippen LogP contribution in [0.2, 0.25) is 0 Å². The number of pyridine rings is 1. The normalized spacial score (nSPS) is 12.6. The SMILES string of the molecule is CCOC(=O)C(C)Sc1nc(CC)c(C)c(C(F)(F)F)c1C#N. The van der Waals surface area contributed by atoms with E-state index in [1.807, 2.05) is 0 Å². The predicted octanol–water partition coefficient (Wildman–Crippen LogP) is 3.89. The first-order valence-electron chi connectivity index (χ1n) is 7.01. The number of carbonyl (C=O) groups excluding carboxylic acids is 1. The van der Waals surface area contributed by atoms with Crippen LogP contribution >= 0.6 is 11.8 Å². The molecule has 0 radical (unpaired) electrons. The van der Waals surface area contributed by atoms with Gasteiger partial charge in [-0.3, -0.25) is 4.79 Å². The highest BCUT2D eigenvalue weighted by Crippen LogP contribution is 2.39. The first-order valence-corrected chi connectivity index (χ1v) is 7.89. The smallest absolute Gasteiger partial charge is 0.418 e. The van der Waals surface area contributed by atoms with Gasteiger partial charge in [-0.25, -0.2) is 4.98 Å². The molecule has 0 spiro atoms. The van der Waals surface area contributed by atoms with E-state index in [0.29, 0.717) is 6.42 Å². The molecular weight excluding hydrogens is 329 g/mol. The molecule has 1 atom stereocenters. The Balaban J connectivity index is 3.43. The number of hydrogen-bond acceptors (Lipinski definition) is 5. The fourth-order valence-corrected chi connectivity index (χ4v) is 2.99. The molecular formula is C15H17F3N2O2S. The monoisotopic (exact) mass is 346 g/mol. The van der Waals surface area contributed by atoms with Gasteiger partial charge in [-0.2, -0.15) is 18.4 Å². The van der Waals surface area contributed by atoms with E-state index in [0.717, 1.165) is 11.8 Å². The molecule has 1 aromatic heterocycles. The molecule has 0 amide bonds. The van der Waals surface area contributed by atoms with Crippen LogP contribution in [-0.2, 0) is 22.1 Å². The fourth-order valence-electron chi connectivity index (χ4n) is 2.06. The van der Waals surface area contributed by atoms with Crippen molar-refractivity contribution in [2.24, 2.45) is 0 Å². The Labute approximate surface area is 137 Å². The van der Waals surface area contributed by atoms with Crippen molar-refractivity contribution in [1.82, 2.24) is 4.98 Å². The van der Waals surface area contributed by atoms with Crippen molar-refractivity contribution in [1.29, 1.82) is 5.26 Å². The number of ether oxygens (including phenoxy) is 1. The molecule has 1 aromatic rings. The van der Waals surface area contributed by atoms with Crippen LogP contribution in [0.5, 0.6) is 0 Å². The average Bonchev–Trinajstić information content (AvgIpc) is 2.46. The molecule has 0 fully saturated rings. The second kappa shape index (κ2) is 7.68. The summed E-state index contributed by atoms with van der Waals surface area (Å²) in [5.41, 5.74) is -1.32. The predicted molar refractivity (Wildman–Crippen MR) is 80.0 cm³/mol. The van der Waals surface area contributed by atoms with Gasteiger partial charge in [0.1, 0.15) is 16.3 Å². The van der Waals surface area contributed by atoms with Gasteiger partial charge >= 0.3 is 12.1 Å². The summed E-state index contributed by atoms with van der Waals surface area (Å²) in [6.45, 7) is 6.30. The minimum atomic E-state index is -4.66. The highest BCUT2D eigenvalue weighted by Gasteiger charge is 2.38. The lowest BCUT2D eigenvalue weighted by Gasteiger charge is -2.18. The molecule has 23 heavy (non-hydrogen) atoms. The van der Waals surface area contributed by atoms with Crippen LogP contribution in [0.15, 0.2) is 5.03 Å². The van der Waals surface area contributed by atoms with Crippen molar-refractivity contribution in [2.75, 3.05) is 6.61 Å². The number of carbonyl (C=O) groups is 1. The lowest BCUT2D eigenvalue weighted by atomic mass is 10.0. The van der Waals surface area contributed by atoms with E-state index >= 15 is 0 Å². The van der Waals surface area contributed by atoms with Crippen molar-refractivity contribution >= 4 is 17.7 Å². The van der Waals surface area contributed by atoms with Crippen molar-refractivity contribution in [3.05, 3.63) is 22.4 Å². The number of aryl methyl sites for hydroxylation is 1. The van der Waals surface area contributed by atoms with Gasteiger partial charge in [0.05, 0.1) is 17.7 Å². The number of esters is 1. The molecule has 0 saturated heterocycles. The maximum absolute atomic E-state index is 13.3. The third-order valence-electron chi connectivity index (χ3n) is 3.15. The van der Waals surface area contributed by atoms with Crippen molar-refractivity contribution in [3.63, 3.8) is 0 Å². The number of rotatable bonds is 5. The fraction of sp³-hybridized carbons (Fsp3) is 0.533. The largest absolute Gasteiger partial charge is 0.465 e. The highest BCUT2D eigenvalue weighted by atomic mass is 32.2. The second-order valence-corrected chi connectivity index (χ2v) is 6.04. The van der Waals surface area contributed by atoms with Gasteiger partial charge < -0.3 is 4.74 Å². The molecule has 0 bridgehead atoms. The van der Waals surface area contributed by atoms with Gasteiger partial charge in [-0.1, -0.05) is 18.7 Å². The van der Waals surface area contributed by atoms with Crippen LogP contribution < -0.4 is 0 Å². The average molecular weight is 346 g/mol. The Kier molecular flexibility index (Phi) is 6.45. The number of nitrogens with zero attached hydrogens (tertiary/aromatic N) is 2. The summed E-state index contributed by atoms with van der Waals surface area (Å²) >= 11 is 0.803. The van der Waals surface area contributed by atoms with Gasteiger partial charge in [-0.15, -0.1) is 0 Å². The molecule has 8 heteroatoms. The van der Waals surface area contributed by atoms with Crippen molar-refractivity contribution < 1.29 is 22.7 Å². The van der Waals surface area contributed by atoms with Crippen LogP contribution in [0.4, 0.5) is 13.2 Å². The maximum Gasteiger partial charge on any atom is 0.418 e. The first kappa shape index (κ1) is 19.3. The van der Waals surface area contributed by atoms with E-state index in [1.54, 1.807) is 19.9 Å². The molecule has 0 aromatic carbocycles. The zero-order valence-electron chi connectivity index (χ0n) is 13.2. The highest BCUT2D eigenvalue weighted by molar-refractivity contribution is 8.00. The Bertz CT molecular complexity index is 639. The number of alkyl halides is 3. The van der Waals surface area contributed by atoms with E-state index < -0.39 is 28.5 Å². The Hall–Kier alpha value is -1.75. The molecule has 1 heterocycles. The molecule has 1 rings (SSSR count). The third-order valence-corrected chi connectivity index (χ3v) is 4.21. The first-order chi connectivity index (χ1) is 10.7. The standard InChI is InChI=1S/C15H17F3N2O2S/c1-5-11-8(3)12(15(16,17)18)10(7-19)13(20-11)23-9(4)14(21)22-6-2/h9H,5-6H2,1-4H3. The minimum Gasteiger partial charge on any atom is -0.465 e. The van der Waals surface area contributed by atoms with E-state index in [4.69, 9.17) is 4.74 Å². The minimum absolute atomic E-state index is 0.0512. The molecule has 0 aliphatic heterocycles. The summed E-state index contributed by atoms with van der Waals surface area (Å²) in [6.07, 6.45) is -4.37. The summed E-state index contributed by atoms with van der Waals surface area (Å²) in [6, 6.07) is 1.58. The van der Waals surface area contributed by atoms with E-state index in [-0.39, 0.29) is 22.9 Å². The van der Waals surface area contributed by atoms with Crippen LogP contribution in [0.1, 0.15) is 43.2 Å². The summed E-state index contributed by atoms with van der Waals surface area (Å²) in [4.78, 5) is 15.8. The summed E-state index contributed by atoms with van der Waals surface area (Å²) in [5.74, 6) is -0.560. The molecule has 0 N–H and O–H groups in total. The van der Waals surface area contributed by atoms with E-state index in [9.17, 15) is 23.2 Å². The Morgan fingerprint density at radius 2 is 2.04 bits per heavy atom. The third kappa shape index (κ3) is 4.38. The molecule has 4 nitrogen and oxygen atoms in total. The van der Waals surface area contributed by atoms with Gasteiger partial charge in [-0.05, 0) is 32.8 Å². The topological polar surface area (TPSA) is 63.0 Å².